The van der Waals surface area contributed by atoms with Gasteiger partial charge in [-0.25, -0.2) is 0 Å². The van der Waals surface area contributed by atoms with Crippen LogP contribution in [0.3, 0.4) is 0 Å². The lowest BCUT2D eigenvalue weighted by Gasteiger charge is -2.28. The minimum Gasteiger partial charge on any atom is -0.504 e. The number of nitrogens with two attached hydrogens (primary N) is 1. The van der Waals surface area contributed by atoms with Crippen LogP contribution in [0.25, 0.3) is 0 Å². The van der Waals surface area contributed by atoms with Gasteiger partial charge in [-0.3, -0.25) is 0 Å². The first-order chi connectivity index (χ1) is 9.17. The van der Waals surface area contributed by atoms with Crippen LogP contribution < -0.4 is 10.5 Å². The summed E-state index contributed by atoms with van der Waals surface area (Å²) in [7, 11) is 1.48. The number of ether oxygens (including phenoxy) is 1. The molecule has 2 rings (SSSR count). The molecule has 0 aromatic heterocycles. The normalized spacial score (nSPS) is 16.9. The molecule has 0 aliphatic heterocycles. The van der Waals surface area contributed by atoms with Gasteiger partial charge in [0.15, 0.2) is 11.5 Å². The molecule has 0 bridgehead atoms. The third-order valence-electron chi connectivity index (χ3n) is 3.97. The molecule has 1 aromatic rings. The van der Waals surface area contributed by atoms with Gasteiger partial charge >= 0.3 is 0 Å². The summed E-state index contributed by atoms with van der Waals surface area (Å²) >= 11 is 0. The van der Waals surface area contributed by atoms with Crippen molar-refractivity contribution in [2.75, 3.05) is 7.11 Å². The van der Waals surface area contributed by atoms with E-state index in [1.807, 2.05) is 0 Å². The molecule has 0 spiro atoms. The zero-order chi connectivity index (χ0) is 13.8. The molecule has 110 valence electrons. The van der Waals surface area contributed by atoms with Gasteiger partial charge in [-0.2, -0.15) is 5.26 Å². The van der Waals surface area contributed by atoms with E-state index in [0.717, 1.165) is 12.8 Å². The Balaban J connectivity index is 0.00000200. The highest BCUT2D eigenvalue weighted by molar-refractivity contribution is 5.85. The molecule has 20 heavy (non-hydrogen) atoms. The molecule has 1 atom stereocenters. The molecule has 0 unspecified atom stereocenters. The average Bonchev–Trinajstić information content (AvgIpc) is 2.47. The number of nitriles is 1. The van der Waals surface area contributed by atoms with Crippen LogP contribution in [-0.2, 0) is 0 Å². The number of methoxy groups -OCH3 is 1. The number of hydrogen-bond acceptors (Lipinski definition) is 4. The predicted octanol–water partition coefficient (Wildman–Crippen LogP) is 3.27. The molecule has 0 heterocycles. The standard InChI is InChI=1S/C15H20N2O2.ClH/c1-19-13-8-10(9-16)7-12(15(13)18)14(17)11-5-3-2-4-6-11;/h7-8,11,14,18H,2-6,17H2,1H3;1H/t14-;/m1./s1. The van der Waals surface area contributed by atoms with Gasteiger partial charge in [0.1, 0.15) is 0 Å². The Morgan fingerprint density at radius 2 is 2.00 bits per heavy atom. The van der Waals surface area contributed by atoms with E-state index in [1.165, 1.54) is 32.4 Å². The van der Waals surface area contributed by atoms with Crippen LogP contribution in [0, 0.1) is 17.2 Å². The van der Waals surface area contributed by atoms with Gasteiger partial charge in [0.25, 0.3) is 0 Å². The van der Waals surface area contributed by atoms with Gasteiger partial charge < -0.3 is 15.6 Å². The van der Waals surface area contributed by atoms with Crippen molar-refractivity contribution in [3.05, 3.63) is 23.3 Å². The second-order valence-electron chi connectivity index (χ2n) is 5.15. The summed E-state index contributed by atoms with van der Waals surface area (Å²) in [6.07, 6.45) is 5.80. The van der Waals surface area contributed by atoms with E-state index in [0.29, 0.717) is 22.8 Å². The summed E-state index contributed by atoms with van der Waals surface area (Å²) in [6.45, 7) is 0. The van der Waals surface area contributed by atoms with E-state index in [4.69, 9.17) is 15.7 Å². The van der Waals surface area contributed by atoms with E-state index in [9.17, 15) is 5.11 Å². The molecule has 1 saturated carbocycles. The number of halogens is 1. The zero-order valence-electron chi connectivity index (χ0n) is 11.6. The van der Waals surface area contributed by atoms with E-state index < -0.39 is 0 Å². The lowest BCUT2D eigenvalue weighted by atomic mass is 9.81. The van der Waals surface area contributed by atoms with Gasteiger partial charge in [-0.15, -0.1) is 12.4 Å². The smallest absolute Gasteiger partial charge is 0.162 e. The molecule has 0 amide bonds. The second kappa shape index (κ2) is 7.37. The highest BCUT2D eigenvalue weighted by Crippen LogP contribution is 2.40. The summed E-state index contributed by atoms with van der Waals surface area (Å²) in [6, 6.07) is 5.06. The third-order valence-corrected chi connectivity index (χ3v) is 3.97. The lowest BCUT2D eigenvalue weighted by molar-refractivity contribution is 0.299. The number of phenols is 1. The van der Waals surface area contributed by atoms with Gasteiger partial charge in [0.2, 0.25) is 0 Å². The quantitative estimate of drug-likeness (QED) is 0.897. The summed E-state index contributed by atoms with van der Waals surface area (Å²) in [5, 5.41) is 19.2. The van der Waals surface area contributed by atoms with Crippen molar-refractivity contribution < 1.29 is 9.84 Å². The fourth-order valence-electron chi connectivity index (χ4n) is 2.85. The Hall–Kier alpha value is -1.44. The second-order valence-corrected chi connectivity index (χ2v) is 5.15. The van der Waals surface area contributed by atoms with Crippen molar-refractivity contribution in [3.8, 4) is 17.6 Å². The molecular weight excluding hydrogens is 276 g/mol. The van der Waals surface area contributed by atoms with Gasteiger partial charge in [-0.1, -0.05) is 19.3 Å². The summed E-state index contributed by atoms with van der Waals surface area (Å²) in [5.41, 5.74) is 7.39. The number of aromatic hydroxyl groups is 1. The number of benzene rings is 1. The molecule has 1 aliphatic rings. The average molecular weight is 297 g/mol. The topological polar surface area (TPSA) is 79.3 Å². The summed E-state index contributed by atoms with van der Waals surface area (Å²) in [4.78, 5) is 0. The minimum atomic E-state index is -0.234. The molecule has 5 heteroatoms. The highest BCUT2D eigenvalue weighted by Gasteiger charge is 2.25. The Kier molecular flexibility index (Phi) is 6.12. The Labute approximate surface area is 126 Å². The van der Waals surface area contributed by atoms with Crippen LogP contribution in [0.2, 0.25) is 0 Å². The number of nitrogens with zero attached hydrogens (tertiary/aromatic N) is 1. The number of phenolic OH excluding ortho intramolecular Hbond substituents is 1. The maximum absolute atomic E-state index is 10.2. The molecule has 1 fully saturated rings. The van der Waals surface area contributed by atoms with Crippen molar-refractivity contribution in [2.45, 2.75) is 38.1 Å². The molecule has 1 aromatic carbocycles. The van der Waals surface area contributed by atoms with Crippen LogP contribution >= 0.6 is 12.4 Å². The maximum Gasteiger partial charge on any atom is 0.162 e. The number of rotatable bonds is 3. The van der Waals surface area contributed by atoms with E-state index in [-0.39, 0.29) is 24.2 Å². The first kappa shape index (κ1) is 16.6. The van der Waals surface area contributed by atoms with Crippen LogP contribution in [0.15, 0.2) is 12.1 Å². The van der Waals surface area contributed by atoms with Crippen LogP contribution in [0.5, 0.6) is 11.5 Å². The summed E-state index contributed by atoms with van der Waals surface area (Å²) < 4.78 is 5.11. The van der Waals surface area contributed by atoms with Crippen molar-refractivity contribution in [2.24, 2.45) is 11.7 Å². The molecule has 1 aliphatic carbocycles. The van der Waals surface area contributed by atoms with Gasteiger partial charge in [-0.05, 0) is 24.8 Å². The van der Waals surface area contributed by atoms with E-state index in [2.05, 4.69) is 6.07 Å². The van der Waals surface area contributed by atoms with Crippen molar-refractivity contribution in [3.63, 3.8) is 0 Å². The summed E-state index contributed by atoms with van der Waals surface area (Å²) in [5.74, 6) is 0.762. The first-order valence-corrected chi connectivity index (χ1v) is 6.74. The van der Waals surface area contributed by atoms with Crippen LogP contribution in [0.1, 0.15) is 49.3 Å². The van der Waals surface area contributed by atoms with Crippen molar-refractivity contribution >= 4 is 12.4 Å². The Morgan fingerprint density at radius 3 is 2.55 bits per heavy atom. The first-order valence-electron chi connectivity index (χ1n) is 6.74. The third kappa shape index (κ3) is 3.36. The maximum atomic E-state index is 10.2. The largest absolute Gasteiger partial charge is 0.504 e. The highest BCUT2D eigenvalue weighted by atomic mass is 35.5. The van der Waals surface area contributed by atoms with Gasteiger partial charge in [0, 0.05) is 17.7 Å². The molecule has 0 saturated heterocycles. The monoisotopic (exact) mass is 296 g/mol. The SMILES string of the molecule is COc1cc(C#N)cc([C@H](N)C2CCCCC2)c1O.Cl. The Bertz CT molecular complexity index is 493. The van der Waals surface area contributed by atoms with Crippen LogP contribution in [0.4, 0.5) is 0 Å². The van der Waals surface area contributed by atoms with E-state index >= 15 is 0 Å². The molecule has 0 radical (unpaired) electrons. The van der Waals surface area contributed by atoms with Crippen LogP contribution in [-0.4, -0.2) is 12.2 Å². The Morgan fingerprint density at radius 1 is 1.35 bits per heavy atom. The number of hydrogen-bond donors (Lipinski definition) is 2. The van der Waals surface area contributed by atoms with E-state index in [1.54, 1.807) is 6.07 Å². The minimum absolute atomic E-state index is 0. The molecular formula is C15H21ClN2O2. The zero-order valence-corrected chi connectivity index (χ0v) is 12.4. The lowest BCUT2D eigenvalue weighted by Crippen LogP contribution is -2.23. The molecule has 4 nitrogen and oxygen atoms in total. The van der Waals surface area contributed by atoms with Crippen molar-refractivity contribution in [1.82, 2.24) is 0 Å². The van der Waals surface area contributed by atoms with Gasteiger partial charge in [0.05, 0.1) is 18.7 Å². The fourth-order valence-corrected chi connectivity index (χ4v) is 2.85. The predicted molar refractivity (Wildman–Crippen MR) is 80.1 cm³/mol. The molecule has 3 N–H and O–H groups in total. The van der Waals surface area contributed by atoms with Crippen molar-refractivity contribution in [1.29, 1.82) is 5.26 Å². The fraction of sp³-hybridized carbons (Fsp3) is 0.533.